The summed E-state index contributed by atoms with van der Waals surface area (Å²) in [5.74, 6) is 0.365. The van der Waals surface area contributed by atoms with Gasteiger partial charge in [0.25, 0.3) is 5.91 Å². The first kappa shape index (κ1) is 21.1. The predicted octanol–water partition coefficient (Wildman–Crippen LogP) is 4.44. The highest BCUT2D eigenvalue weighted by atomic mass is 79.9. The summed E-state index contributed by atoms with van der Waals surface area (Å²) >= 11 is 4.68. The molecule has 29 heavy (non-hydrogen) atoms. The molecule has 0 radical (unpaired) electrons. The van der Waals surface area contributed by atoms with Crippen molar-refractivity contribution in [2.45, 2.75) is 0 Å². The van der Waals surface area contributed by atoms with Crippen LogP contribution in [0, 0.1) is 0 Å². The lowest BCUT2D eigenvalue weighted by atomic mass is 10.1. The molecule has 0 aliphatic carbocycles. The minimum atomic E-state index is -0.226. The number of likely N-dealkylation sites (N-methyl/N-ethyl adjacent to an activating group) is 1. The van der Waals surface area contributed by atoms with Crippen molar-refractivity contribution in [3.8, 4) is 16.9 Å². The maximum atomic E-state index is 12.3. The minimum Gasteiger partial charge on any atom is -0.491 e. The third-order valence-corrected chi connectivity index (χ3v) is 5.78. The lowest BCUT2D eigenvalue weighted by Gasteiger charge is -2.16. The Hall–Kier alpha value is -2.64. The fraction of sp³-hybridized carbons (Fsp3) is 0.182. The van der Waals surface area contributed by atoms with Crippen LogP contribution >= 0.6 is 27.3 Å². The Morgan fingerprint density at radius 2 is 1.76 bits per heavy atom. The molecule has 2 amide bonds. The second kappa shape index (κ2) is 10.2. The van der Waals surface area contributed by atoms with Crippen molar-refractivity contribution < 1.29 is 14.3 Å². The van der Waals surface area contributed by atoms with E-state index in [0.29, 0.717) is 18.0 Å². The third-order valence-electron chi connectivity index (χ3n) is 4.17. The Morgan fingerprint density at radius 3 is 2.48 bits per heavy atom. The molecule has 0 aliphatic heterocycles. The smallest absolute Gasteiger partial charge is 0.264 e. The molecule has 0 saturated heterocycles. The van der Waals surface area contributed by atoms with Crippen LogP contribution < -0.4 is 10.1 Å². The van der Waals surface area contributed by atoms with Crippen LogP contribution in [0.4, 0.5) is 0 Å². The molecule has 0 saturated carbocycles. The van der Waals surface area contributed by atoms with Crippen LogP contribution in [0.15, 0.2) is 70.5 Å². The van der Waals surface area contributed by atoms with E-state index in [9.17, 15) is 9.59 Å². The van der Waals surface area contributed by atoms with Crippen molar-refractivity contribution in [1.82, 2.24) is 10.2 Å². The summed E-state index contributed by atoms with van der Waals surface area (Å²) in [5, 5.41) is 2.79. The minimum absolute atomic E-state index is 0.00501. The first-order chi connectivity index (χ1) is 14.0. The molecule has 0 atom stereocenters. The summed E-state index contributed by atoms with van der Waals surface area (Å²) in [4.78, 5) is 26.4. The van der Waals surface area contributed by atoms with E-state index >= 15 is 0 Å². The van der Waals surface area contributed by atoms with Crippen LogP contribution in [0.25, 0.3) is 11.1 Å². The SMILES string of the molecule is CN(CC(=O)NCCOc1ccccc1-c1ccccc1)C(=O)c1ccc(Br)s1. The van der Waals surface area contributed by atoms with Gasteiger partial charge >= 0.3 is 0 Å². The second-order valence-corrected chi connectivity index (χ2v) is 8.79. The highest BCUT2D eigenvalue weighted by molar-refractivity contribution is 9.11. The van der Waals surface area contributed by atoms with Gasteiger partial charge in [-0.15, -0.1) is 11.3 Å². The van der Waals surface area contributed by atoms with Gasteiger partial charge in [0.15, 0.2) is 0 Å². The van der Waals surface area contributed by atoms with Gasteiger partial charge in [0, 0.05) is 12.6 Å². The van der Waals surface area contributed by atoms with Gasteiger partial charge in [-0.25, -0.2) is 0 Å². The van der Waals surface area contributed by atoms with E-state index in [-0.39, 0.29) is 18.4 Å². The zero-order chi connectivity index (χ0) is 20.6. The van der Waals surface area contributed by atoms with E-state index in [4.69, 9.17) is 4.74 Å². The van der Waals surface area contributed by atoms with E-state index in [2.05, 4.69) is 21.2 Å². The van der Waals surface area contributed by atoms with E-state index < -0.39 is 0 Å². The number of hydrogen-bond donors (Lipinski definition) is 1. The predicted molar refractivity (Wildman–Crippen MR) is 119 cm³/mol. The van der Waals surface area contributed by atoms with Crippen LogP contribution in [-0.2, 0) is 4.79 Å². The van der Waals surface area contributed by atoms with E-state index in [1.165, 1.54) is 16.2 Å². The van der Waals surface area contributed by atoms with Crippen LogP contribution in [0.5, 0.6) is 5.75 Å². The first-order valence-corrected chi connectivity index (χ1v) is 10.7. The molecule has 0 bridgehead atoms. The number of carbonyl (C=O) groups excluding carboxylic acids is 2. The van der Waals surface area contributed by atoms with Crippen molar-refractivity contribution >= 4 is 39.1 Å². The fourth-order valence-electron chi connectivity index (χ4n) is 2.76. The largest absolute Gasteiger partial charge is 0.491 e. The number of amides is 2. The van der Waals surface area contributed by atoms with Gasteiger partial charge in [-0.1, -0.05) is 48.5 Å². The molecule has 2 aromatic carbocycles. The van der Waals surface area contributed by atoms with E-state index in [0.717, 1.165) is 20.7 Å². The van der Waals surface area contributed by atoms with Crippen LogP contribution in [0.2, 0.25) is 0 Å². The molecule has 0 fully saturated rings. The maximum Gasteiger partial charge on any atom is 0.264 e. The van der Waals surface area contributed by atoms with E-state index in [1.54, 1.807) is 13.1 Å². The van der Waals surface area contributed by atoms with Crippen LogP contribution in [-0.4, -0.2) is 43.5 Å². The van der Waals surface area contributed by atoms with Crippen LogP contribution in [0.3, 0.4) is 0 Å². The molecule has 150 valence electrons. The molecular weight excluding hydrogens is 452 g/mol. The highest BCUT2D eigenvalue weighted by Gasteiger charge is 2.16. The summed E-state index contributed by atoms with van der Waals surface area (Å²) in [6.07, 6.45) is 0. The number of carbonyl (C=O) groups is 2. The molecule has 3 rings (SSSR count). The Kier molecular flexibility index (Phi) is 7.43. The molecule has 0 unspecified atom stereocenters. The summed E-state index contributed by atoms with van der Waals surface area (Å²) in [6.45, 7) is 0.689. The number of hydrogen-bond acceptors (Lipinski definition) is 4. The van der Waals surface area contributed by atoms with Crippen molar-refractivity contribution in [2.24, 2.45) is 0 Å². The number of benzene rings is 2. The zero-order valence-corrected chi connectivity index (χ0v) is 18.3. The lowest BCUT2D eigenvalue weighted by Crippen LogP contribution is -2.39. The molecule has 5 nitrogen and oxygen atoms in total. The fourth-order valence-corrected chi connectivity index (χ4v) is 4.14. The molecule has 0 aliphatic rings. The molecule has 7 heteroatoms. The third kappa shape index (κ3) is 5.92. The Bertz CT molecular complexity index is 975. The molecule has 1 N–H and O–H groups in total. The van der Waals surface area contributed by atoms with Gasteiger partial charge in [-0.2, -0.15) is 0 Å². The number of rotatable bonds is 8. The molecular formula is C22H21BrN2O3S. The molecule has 0 spiro atoms. The Labute approximate surface area is 182 Å². The molecule has 3 aromatic rings. The van der Waals surface area contributed by atoms with Crippen molar-refractivity contribution in [3.63, 3.8) is 0 Å². The number of nitrogens with one attached hydrogen (secondary N) is 1. The summed E-state index contributed by atoms with van der Waals surface area (Å²) < 4.78 is 6.75. The van der Waals surface area contributed by atoms with Crippen molar-refractivity contribution in [1.29, 1.82) is 0 Å². The van der Waals surface area contributed by atoms with Crippen molar-refractivity contribution in [2.75, 3.05) is 26.7 Å². The van der Waals surface area contributed by atoms with E-state index in [1.807, 2.05) is 60.7 Å². The Morgan fingerprint density at radius 1 is 1.03 bits per heavy atom. The average Bonchev–Trinajstić information content (AvgIpc) is 3.18. The lowest BCUT2D eigenvalue weighted by molar-refractivity contribution is -0.121. The van der Waals surface area contributed by atoms with Crippen LogP contribution in [0.1, 0.15) is 9.67 Å². The zero-order valence-electron chi connectivity index (χ0n) is 15.9. The summed E-state index contributed by atoms with van der Waals surface area (Å²) in [7, 11) is 1.61. The molecule has 1 aromatic heterocycles. The van der Waals surface area contributed by atoms with Gasteiger partial charge < -0.3 is 15.0 Å². The van der Waals surface area contributed by atoms with Gasteiger partial charge in [-0.05, 0) is 39.7 Å². The molecule has 1 heterocycles. The summed E-state index contributed by atoms with van der Waals surface area (Å²) in [5.41, 5.74) is 2.08. The van der Waals surface area contributed by atoms with Gasteiger partial charge in [0.05, 0.1) is 21.8 Å². The van der Waals surface area contributed by atoms with Gasteiger partial charge in [0.2, 0.25) is 5.91 Å². The Balaban J connectivity index is 1.46. The van der Waals surface area contributed by atoms with Gasteiger partial charge in [-0.3, -0.25) is 9.59 Å². The monoisotopic (exact) mass is 472 g/mol. The normalized spacial score (nSPS) is 10.4. The number of thiophene rings is 1. The number of nitrogens with zero attached hydrogens (tertiary/aromatic N) is 1. The number of ether oxygens (including phenoxy) is 1. The highest BCUT2D eigenvalue weighted by Crippen LogP contribution is 2.29. The number of halogens is 1. The summed E-state index contributed by atoms with van der Waals surface area (Å²) in [6, 6.07) is 21.4. The van der Waals surface area contributed by atoms with Gasteiger partial charge in [0.1, 0.15) is 12.4 Å². The number of para-hydroxylation sites is 1. The average molecular weight is 473 g/mol. The first-order valence-electron chi connectivity index (χ1n) is 9.09. The quantitative estimate of drug-likeness (QED) is 0.492. The maximum absolute atomic E-state index is 12.3. The standard InChI is InChI=1S/C22H21BrN2O3S/c1-25(22(27)19-11-12-20(23)29-19)15-21(26)24-13-14-28-18-10-6-5-9-17(18)16-7-3-2-4-8-16/h2-12H,13-15H2,1H3,(H,24,26). The second-order valence-electron chi connectivity index (χ2n) is 6.33. The van der Waals surface area contributed by atoms with Crippen molar-refractivity contribution in [3.05, 3.63) is 75.4 Å². The topological polar surface area (TPSA) is 58.6 Å².